The van der Waals surface area contributed by atoms with Crippen LogP contribution in [0.3, 0.4) is 0 Å². The Hall–Kier alpha value is -1.62. The number of carbonyl (C=O) groups is 1. The van der Waals surface area contributed by atoms with E-state index in [1.807, 2.05) is 6.92 Å². The van der Waals surface area contributed by atoms with Crippen molar-refractivity contribution in [1.82, 2.24) is 0 Å². The summed E-state index contributed by atoms with van der Waals surface area (Å²) in [6.07, 6.45) is 2.01. The Morgan fingerprint density at radius 3 is 2.71 bits per heavy atom. The summed E-state index contributed by atoms with van der Waals surface area (Å²) in [5.74, 6) is -0.983. The number of sulfone groups is 1. The highest BCUT2D eigenvalue weighted by Gasteiger charge is 2.11. The van der Waals surface area contributed by atoms with Crippen LogP contribution in [0.5, 0.6) is 0 Å². The Kier molecular flexibility index (Phi) is 4.45. The zero-order valence-electron chi connectivity index (χ0n) is 9.46. The third kappa shape index (κ3) is 4.03. The molecule has 17 heavy (non-hydrogen) atoms. The minimum atomic E-state index is -3.45. The van der Waals surface area contributed by atoms with E-state index in [9.17, 15) is 13.2 Å². The van der Waals surface area contributed by atoms with Crippen molar-refractivity contribution in [2.24, 2.45) is 0 Å². The van der Waals surface area contributed by atoms with Crippen molar-refractivity contribution in [1.29, 1.82) is 0 Å². The molecule has 0 saturated heterocycles. The van der Waals surface area contributed by atoms with E-state index in [2.05, 4.69) is 0 Å². The molecule has 0 fully saturated rings. The van der Waals surface area contributed by atoms with Gasteiger partial charge in [0.25, 0.3) is 0 Å². The first kappa shape index (κ1) is 13.4. The first-order valence-corrected chi connectivity index (χ1v) is 6.72. The number of aliphatic carboxylic acids is 1. The first-order chi connectivity index (χ1) is 7.95. The lowest BCUT2D eigenvalue weighted by molar-refractivity contribution is -0.136. The number of rotatable bonds is 5. The zero-order valence-corrected chi connectivity index (χ0v) is 10.3. The largest absolute Gasteiger partial charge is 0.481 e. The topological polar surface area (TPSA) is 71.4 Å². The van der Waals surface area contributed by atoms with Crippen LogP contribution in [0.15, 0.2) is 40.6 Å². The van der Waals surface area contributed by atoms with Gasteiger partial charge in [-0.2, -0.15) is 0 Å². The molecule has 5 heteroatoms. The summed E-state index contributed by atoms with van der Waals surface area (Å²) < 4.78 is 23.6. The van der Waals surface area contributed by atoms with Crippen LogP contribution in [0.25, 0.3) is 0 Å². The van der Waals surface area contributed by atoms with E-state index in [0.29, 0.717) is 12.0 Å². The Labute approximate surface area is 101 Å². The monoisotopic (exact) mass is 254 g/mol. The summed E-state index contributed by atoms with van der Waals surface area (Å²) in [5, 5.41) is 9.78. The molecule has 92 valence electrons. The molecule has 0 saturated carbocycles. The maximum Gasteiger partial charge on any atom is 0.307 e. The fourth-order valence-electron chi connectivity index (χ4n) is 1.31. The van der Waals surface area contributed by atoms with Crippen molar-refractivity contribution in [3.63, 3.8) is 0 Å². The standard InChI is InChI=1S/C12H14O4S/c1-2-3-7-17(15,16)11-6-4-5-10(8-11)9-12(13)14/h3-8H,2,9H2,1H3,(H,13,14)/b7-3+. The molecule has 0 aliphatic rings. The van der Waals surface area contributed by atoms with E-state index in [-0.39, 0.29) is 11.3 Å². The van der Waals surface area contributed by atoms with Crippen molar-refractivity contribution in [2.45, 2.75) is 24.7 Å². The van der Waals surface area contributed by atoms with Gasteiger partial charge >= 0.3 is 5.97 Å². The minimum Gasteiger partial charge on any atom is -0.481 e. The van der Waals surface area contributed by atoms with E-state index >= 15 is 0 Å². The molecular formula is C12H14O4S. The van der Waals surface area contributed by atoms with Gasteiger partial charge in [-0.15, -0.1) is 0 Å². The number of carboxylic acid groups (broad SMARTS) is 1. The first-order valence-electron chi connectivity index (χ1n) is 5.18. The Morgan fingerprint density at radius 1 is 1.41 bits per heavy atom. The van der Waals surface area contributed by atoms with Gasteiger partial charge in [0.15, 0.2) is 9.84 Å². The van der Waals surface area contributed by atoms with Crippen LogP contribution < -0.4 is 0 Å². The van der Waals surface area contributed by atoms with E-state index in [4.69, 9.17) is 5.11 Å². The highest BCUT2D eigenvalue weighted by atomic mass is 32.2. The third-order valence-electron chi connectivity index (χ3n) is 2.09. The highest BCUT2D eigenvalue weighted by Crippen LogP contribution is 2.15. The number of hydrogen-bond donors (Lipinski definition) is 1. The van der Waals surface area contributed by atoms with Gasteiger partial charge < -0.3 is 5.11 Å². The molecule has 0 unspecified atom stereocenters. The van der Waals surface area contributed by atoms with Crippen molar-refractivity contribution in [3.8, 4) is 0 Å². The molecule has 0 aliphatic heterocycles. The molecular weight excluding hydrogens is 240 g/mol. The third-order valence-corrected chi connectivity index (χ3v) is 3.56. The predicted molar refractivity (Wildman–Crippen MR) is 64.4 cm³/mol. The number of hydrogen-bond acceptors (Lipinski definition) is 3. The second-order valence-electron chi connectivity index (χ2n) is 3.54. The van der Waals surface area contributed by atoms with Crippen molar-refractivity contribution >= 4 is 15.8 Å². The SMILES string of the molecule is CC/C=C/S(=O)(=O)c1cccc(CC(=O)O)c1. The lowest BCUT2D eigenvalue weighted by atomic mass is 10.2. The van der Waals surface area contributed by atoms with Crippen LogP contribution in [-0.2, 0) is 21.1 Å². The van der Waals surface area contributed by atoms with Gasteiger partial charge in [0.2, 0.25) is 0 Å². The zero-order chi connectivity index (χ0) is 12.9. The summed E-state index contributed by atoms with van der Waals surface area (Å²) in [7, 11) is -3.45. The average molecular weight is 254 g/mol. The molecule has 0 atom stereocenters. The van der Waals surface area contributed by atoms with Gasteiger partial charge in [0.1, 0.15) is 0 Å². The van der Waals surface area contributed by atoms with Gasteiger partial charge in [0.05, 0.1) is 11.3 Å². The van der Waals surface area contributed by atoms with Crippen LogP contribution in [0.4, 0.5) is 0 Å². The number of allylic oxidation sites excluding steroid dienone is 1. The van der Waals surface area contributed by atoms with Crippen LogP contribution in [0, 0.1) is 0 Å². The average Bonchev–Trinajstić information content (AvgIpc) is 2.26. The maximum atomic E-state index is 11.8. The summed E-state index contributed by atoms with van der Waals surface area (Å²) >= 11 is 0. The Bertz CT molecular complexity index is 529. The van der Waals surface area contributed by atoms with Gasteiger partial charge in [-0.25, -0.2) is 8.42 Å². The van der Waals surface area contributed by atoms with Crippen LogP contribution >= 0.6 is 0 Å². The second-order valence-corrected chi connectivity index (χ2v) is 5.38. The lowest BCUT2D eigenvalue weighted by Crippen LogP contribution is -2.02. The summed E-state index contributed by atoms with van der Waals surface area (Å²) in [6.45, 7) is 1.84. The van der Waals surface area contributed by atoms with Crippen LogP contribution in [0.2, 0.25) is 0 Å². The summed E-state index contributed by atoms with van der Waals surface area (Å²) in [5.41, 5.74) is 0.475. The van der Waals surface area contributed by atoms with Gasteiger partial charge in [0, 0.05) is 5.41 Å². The number of carboxylic acids is 1. The molecule has 0 radical (unpaired) electrons. The van der Waals surface area contributed by atoms with Crippen LogP contribution in [-0.4, -0.2) is 19.5 Å². The van der Waals surface area contributed by atoms with E-state index in [0.717, 1.165) is 5.41 Å². The van der Waals surface area contributed by atoms with Gasteiger partial charge in [-0.3, -0.25) is 4.79 Å². The molecule has 1 N–H and O–H groups in total. The maximum absolute atomic E-state index is 11.8. The van der Waals surface area contributed by atoms with Gasteiger partial charge in [-0.1, -0.05) is 25.1 Å². The van der Waals surface area contributed by atoms with Crippen LogP contribution in [0.1, 0.15) is 18.9 Å². The molecule has 0 bridgehead atoms. The molecule has 0 aromatic heterocycles. The normalized spacial score (nSPS) is 11.8. The quantitative estimate of drug-likeness (QED) is 0.872. The van der Waals surface area contributed by atoms with Gasteiger partial charge in [-0.05, 0) is 24.1 Å². The molecule has 1 aromatic carbocycles. The molecule has 0 amide bonds. The summed E-state index contributed by atoms with van der Waals surface area (Å²) in [4.78, 5) is 10.7. The van der Waals surface area contributed by atoms with E-state index in [1.54, 1.807) is 18.2 Å². The molecule has 4 nitrogen and oxygen atoms in total. The van der Waals surface area contributed by atoms with E-state index < -0.39 is 15.8 Å². The molecule has 1 rings (SSSR count). The predicted octanol–water partition coefficient (Wildman–Crippen LogP) is 2.01. The Balaban J connectivity index is 3.07. The Morgan fingerprint density at radius 2 is 2.12 bits per heavy atom. The highest BCUT2D eigenvalue weighted by molar-refractivity contribution is 7.94. The van der Waals surface area contributed by atoms with E-state index in [1.165, 1.54) is 12.1 Å². The molecule has 1 aromatic rings. The minimum absolute atomic E-state index is 0.126. The molecule has 0 aliphatic carbocycles. The smallest absolute Gasteiger partial charge is 0.307 e. The molecule has 0 heterocycles. The van der Waals surface area contributed by atoms with Crippen molar-refractivity contribution in [3.05, 3.63) is 41.3 Å². The van der Waals surface area contributed by atoms with Crippen molar-refractivity contribution in [2.75, 3.05) is 0 Å². The second kappa shape index (κ2) is 5.63. The lowest BCUT2D eigenvalue weighted by Gasteiger charge is -2.02. The summed E-state index contributed by atoms with van der Waals surface area (Å²) in [6, 6.07) is 5.99. The fraction of sp³-hybridized carbons (Fsp3) is 0.250. The van der Waals surface area contributed by atoms with Crippen molar-refractivity contribution < 1.29 is 18.3 Å². The fourth-order valence-corrected chi connectivity index (χ4v) is 2.50. The molecule has 0 spiro atoms. The number of benzene rings is 1.